The summed E-state index contributed by atoms with van der Waals surface area (Å²) < 4.78 is 1.18. The van der Waals surface area contributed by atoms with Crippen molar-refractivity contribution in [2.75, 3.05) is 23.7 Å². The monoisotopic (exact) mass is 261 g/mol. The highest BCUT2D eigenvalue weighted by Crippen LogP contribution is 2.34. The lowest BCUT2D eigenvalue weighted by Gasteiger charge is -2.34. The van der Waals surface area contributed by atoms with E-state index in [-0.39, 0.29) is 0 Å². The van der Waals surface area contributed by atoms with Gasteiger partial charge in [0, 0.05) is 13.1 Å². The highest BCUT2D eigenvalue weighted by Gasteiger charge is 2.21. The summed E-state index contributed by atoms with van der Waals surface area (Å²) in [6, 6.07) is 4.31. The highest BCUT2D eigenvalue weighted by molar-refractivity contribution is 7.16. The number of nitrogen functional groups attached to an aromatic ring is 1. The number of aromatic nitrogens is 1. The third kappa shape index (κ3) is 1.94. The van der Waals surface area contributed by atoms with Gasteiger partial charge in [-0.2, -0.15) is 0 Å². The molecule has 3 rings (SSSR count). The van der Waals surface area contributed by atoms with E-state index in [9.17, 15) is 0 Å². The van der Waals surface area contributed by atoms with Crippen LogP contribution in [0.3, 0.4) is 0 Å². The molecule has 2 heterocycles. The molecule has 4 heteroatoms. The second-order valence-corrected chi connectivity index (χ2v) is 5.95. The van der Waals surface area contributed by atoms with Gasteiger partial charge in [0.25, 0.3) is 0 Å². The Morgan fingerprint density at radius 1 is 1.50 bits per heavy atom. The van der Waals surface area contributed by atoms with E-state index in [4.69, 9.17) is 5.73 Å². The number of nitrogens with two attached hydrogens (primary N) is 1. The van der Waals surface area contributed by atoms with Crippen LogP contribution < -0.4 is 10.6 Å². The molecule has 1 saturated heterocycles. The van der Waals surface area contributed by atoms with Gasteiger partial charge >= 0.3 is 0 Å². The molecule has 0 amide bonds. The SMILES string of the molecule is CCC1CCCN(c2ccc3scnc3c2N)C1. The largest absolute Gasteiger partial charge is 0.395 e. The summed E-state index contributed by atoms with van der Waals surface area (Å²) in [6.45, 7) is 4.54. The summed E-state index contributed by atoms with van der Waals surface area (Å²) in [5.74, 6) is 0.810. The molecule has 1 aliphatic heterocycles. The molecule has 0 spiro atoms. The average Bonchev–Trinajstić information content (AvgIpc) is 2.88. The quantitative estimate of drug-likeness (QED) is 0.841. The molecular weight excluding hydrogens is 242 g/mol. The van der Waals surface area contributed by atoms with Crippen LogP contribution in [0.5, 0.6) is 0 Å². The second kappa shape index (κ2) is 4.76. The van der Waals surface area contributed by atoms with Crippen LogP contribution in [0, 0.1) is 5.92 Å². The number of hydrogen-bond donors (Lipinski definition) is 1. The number of anilines is 2. The summed E-state index contributed by atoms with van der Waals surface area (Å²) in [5.41, 5.74) is 11.1. The summed E-state index contributed by atoms with van der Waals surface area (Å²) in [5, 5.41) is 0. The normalized spacial score (nSPS) is 20.5. The van der Waals surface area contributed by atoms with Gasteiger partial charge in [-0.05, 0) is 30.9 Å². The smallest absolute Gasteiger partial charge is 0.106 e. The van der Waals surface area contributed by atoms with Crippen molar-refractivity contribution < 1.29 is 0 Å². The summed E-state index contributed by atoms with van der Waals surface area (Å²) in [6.07, 6.45) is 3.88. The molecule has 1 aliphatic rings. The number of rotatable bonds is 2. The molecule has 1 unspecified atom stereocenters. The number of benzene rings is 1. The predicted octanol–water partition coefficient (Wildman–Crippen LogP) is 3.50. The van der Waals surface area contributed by atoms with Crippen molar-refractivity contribution in [3.05, 3.63) is 17.6 Å². The van der Waals surface area contributed by atoms with Crippen LogP contribution in [0.2, 0.25) is 0 Å². The third-order valence-corrected chi connectivity index (χ3v) is 4.75. The molecule has 0 aliphatic carbocycles. The Bertz CT molecular complexity index is 549. The molecule has 0 radical (unpaired) electrons. The van der Waals surface area contributed by atoms with Gasteiger partial charge in [0.2, 0.25) is 0 Å². The van der Waals surface area contributed by atoms with Crippen molar-refractivity contribution in [1.82, 2.24) is 4.98 Å². The minimum Gasteiger partial charge on any atom is -0.395 e. The number of thiazole rings is 1. The van der Waals surface area contributed by atoms with Crippen LogP contribution in [0.1, 0.15) is 26.2 Å². The van der Waals surface area contributed by atoms with E-state index in [0.717, 1.165) is 30.2 Å². The van der Waals surface area contributed by atoms with Crippen molar-refractivity contribution in [3.8, 4) is 0 Å². The van der Waals surface area contributed by atoms with Gasteiger partial charge in [-0.3, -0.25) is 0 Å². The van der Waals surface area contributed by atoms with Gasteiger partial charge in [-0.15, -0.1) is 11.3 Å². The fourth-order valence-electron chi connectivity index (χ4n) is 2.83. The van der Waals surface area contributed by atoms with Crippen LogP contribution in [0.15, 0.2) is 17.6 Å². The van der Waals surface area contributed by atoms with Gasteiger partial charge in [0.05, 0.1) is 21.6 Å². The molecule has 0 saturated carbocycles. The zero-order chi connectivity index (χ0) is 12.5. The predicted molar refractivity (Wildman–Crippen MR) is 79.3 cm³/mol. The van der Waals surface area contributed by atoms with Crippen molar-refractivity contribution in [2.24, 2.45) is 5.92 Å². The van der Waals surface area contributed by atoms with E-state index in [0.29, 0.717) is 0 Å². The zero-order valence-corrected chi connectivity index (χ0v) is 11.5. The van der Waals surface area contributed by atoms with E-state index in [1.54, 1.807) is 11.3 Å². The fourth-order valence-corrected chi connectivity index (χ4v) is 3.53. The van der Waals surface area contributed by atoms with Gasteiger partial charge in [0.1, 0.15) is 5.52 Å². The zero-order valence-electron chi connectivity index (χ0n) is 10.7. The highest BCUT2D eigenvalue weighted by atomic mass is 32.1. The van der Waals surface area contributed by atoms with E-state index in [1.807, 2.05) is 5.51 Å². The Hall–Kier alpha value is -1.29. The number of hydrogen-bond acceptors (Lipinski definition) is 4. The molecule has 0 bridgehead atoms. The molecule has 1 aromatic carbocycles. The summed E-state index contributed by atoms with van der Waals surface area (Å²) >= 11 is 1.65. The second-order valence-electron chi connectivity index (χ2n) is 5.06. The van der Waals surface area contributed by atoms with Crippen molar-refractivity contribution in [1.29, 1.82) is 0 Å². The topological polar surface area (TPSA) is 42.2 Å². The van der Waals surface area contributed by atoms with Crippen molar-refractivity contribution in [3.63, 3.8) is 0 Å². The number of piperidine rings is 1. The summed E-state index contributed by atoms with van der Waals surface area (Å²) in [4.78, 5) is 6.82. The Balaban J connectivity index is 1.95. The van der Waals surface area contributed by atoms with Crippen LogP contribution in [-0.4, -0.2) is 18.1 Å². The van der Waals surface area contributed by atoms with Gasteiger partial charge in [-0.1, -0.05) is 13.3 Å². The van der Waals surface area contributed by atoms with E-state index < -0.39 is 0 Å². The Labute approximate surface area is 112 Å². The molecule has 1 aromatic heterocycles. The molecule has 1 fully saturated rings. The maximum atomic E-state index is 6.28. The van der Waals surface area contributed by atoms with E-state index in [1.165, 1.54) is 29.6 Å². The first-order valence-corrected chi connectivity index (χ1v) is 7.54. The molecule has 2 N–H and O–H groups in total. The molecule has 18 heavy (non-hydrogen) atoms. The Kier molecular flexibility index (Phi) is 3.12. The van der Waals surface area contributed by atoms with Gasteiger partial charge in [0.15, 0.2) is 0 Å². The number of fused-ring (bicyclic) bond motifs is 1. The molecule has 96 valence electrons. The Morgan fingerprint density at radius 3 is 3.22 bits per heavy atom. The van der Waals surface area contributed by atoms with Crippen molar-refractivity contribution >= 4 is 32.9 Å². The van der Waals surface area contributed by atoms with Gasteiger partial charge in [-0.25, -0.2) is 4.98 Å². The van der Waals surface area contributed by atoms with Crippen molar-refractivity contribution in [2.45, 2.75) is 26.2 Å². The molecular formula is C14H19N3S. The van der Waals surface area contributed by atoms with E-state index in [2.05, 4.69) is 28.9 Å². The van der Waals surface area contributed by atoms with Crippen LogP contribution in [0.4, 0.5) is 11.4 Å². The number of nitrogens with zero attached hydrogens (tertiary/aromatic N) is 2. The van der Waals surface area contributed by atoms with Gasteiger partial charge < -0.3 is 10.6 Å². The maximum Gasteiger partial charge on any atom is 0.106 e. The standard InChI is InChI=1S/C14H19N3S/c1-2-10-4-3-7-17(8-10)11-5-6-12-14(13(11)15)16-9-18-12/h5-6,9-10H,2-4,7-8,15H2,1H3. The van der Waals surface area contributed by atoms with E-state index >= 15 is 0 Å². The first-order valence-electron chi connectivity index (χ1n) is 6.66. The third-order valence-electron chi connectivity index (χ3n) is 3.96. The first-order chi connectivity index (χ1) is 8.79. The molecule has 1 atom stereocenters. The maximum absolute atomic E-state index is 6.28. The molecule has 3 nitrogen and oxygen atoms in total. The Morgan fingerprint density at radius 2 is 2.39 bits per heavy atom. The van der Waals surface area contributed by atoms with Crippen LogP contribution in [-0.2, 0) is 0 Å². The lowest BCUT2D eigenvalue weighted by Crippen LogP contribution is -2.35. The lowest BCUT2D eigenvalue weighted by atomic mass is 9.95. The average molecular weight is 261 g/mol. The minimum absolute atomic E-state index is 0.810. The fraction of sp³-hybridized carbons (Fsp3) is 0.500. The lowest BCUT2D eigenvalue weighted by molar-refractivity contribution is 0.405. The molecule has 2 aromatic rings. The van der Waals surface area contributed by atoms with Crippen LogP contribution >= 0.6 is 11.3 Å². The van der Waals surface area contributed by atoms with Crippen LogP contribution in [0.25, 0.3) is 10.2 Å². The first kappa shape index (κ1) is 11.8. The minimum atomic E-state index is 0.810. The summed E-state index contributed by atoms with van der Waals surface area (Å²) in [7, 11) is 0.